The molecule has 0 unspecified atom stereocenters. The highest BCUT2D eigenvalue weighted by atomic mass is 16.4. The van der Waals surface area contributed by atoms with E-state index in [9.17, 15) is 4.79 Å². The first kappa shape index (κ1) is 21.4. The Hall–Kier alpha value is -2.87. The maximum Gasteiger partial charge on any atom is 0.335 e. The van der Waals surface area contributed by atoms with Crippen molar-refractivity contribution >= 4 is 5.97 Å². The zero-order valence-corrected chi connectivity index (χ0v) is 17.1. The van der Waals surface area contributed by atoms with Gasteiger partial charge in [-0.1, -0.05) is 80.1 Å². The topological polar surface area (TPSA) is 37.3 Å². The average Bonchev–Trinajstić information content (AvgIpc) is 2.74. The molecule has 0 atom stereocenters. The fourth-order valence-electron chi connectivity index (χ4n) is 3.02. The van der Waals surface area contributed by atoms with E-state index in [1.807, 2.05) is 26.0 Å². The summed E-state index contributed by atoms with van der Waals surface area (Å²) in [6, 6.07) is 24.7. The van der Waals surface area contributed by atoms with E-state index in [1.54, 1.807) is 12.1 Å². The van der Waals surface area contributed by atoms with Gasteiger partial charge in [0, 0.05) is 0 Å². The van der Waals surface area contributed by atoms with Crippen LogP contribution in [0.3, 0.4) is 0 Å². The van der Waals surface area contributed by atoms with Crippen LogP contribution in [-0.2, 0) is 25.7 Å². The van der Waals surface area contributed by atoms with Crippen molar-refractivity contribution in [3.63, 3.8) is 0 Å². The van der Waals surface area contributed by atoms with Crippen molar-refractivity contribution in [1.29, 1.82) is 0 Å². The van der Waals surface area contributed by atoms with Crippen LogP contribution in [0.4, 0.5) is 0 Å². The molecule has 0 aromatic heterocycles. The molecule has 0 aliphatic carbocycles. The van der Waals surface area contributed by atoms with E-state index in [-0.39, 0.29) is 0 Å². The van der Waals surface area contributed by atoms with Crippen LogP contribution in [0.25, 0.3) is 0 Å². The van der Waals surface area contributed by atoms with Crippen molar-refractivity contribution in [3.05, 3.63) is 106 Å². The van der Waals surface area contributed by atoms with E-state index in [0.717, 1.165) is 25.7 Å². The predicted molar refractivity (Wildman–Crippen MR) is 117 cm³/mol. The normalized spacial score (nSPS) is 10.1. The van der Waals surface area contributed by atoms with Gasteiger partial charge >= 0.3 is 5.97 Å². The summed E-state index contributed by atoms with van der Waals surface area (Å²) in [6.45, 7) is 6.11. The van der Waals surface area contributed by atoms with Gasteiger partial charge in [0.1, 0.15) is 0 Å². The number of hydrogen-bond acceptors (Lipinski definition) is 1. The van der Waals surface area contributed by atoms with Crippen molar-refractivity contribution in [2.24, 2.45) is 0 Å². The molecule has 0 aliphatic rings. The van der Waals surface area contributed by atoms with E-state index in [4.69, 9.17) is 5.11 Å². The fourth-order valence-corrected chi connectivity index (χ4v) is 3.02. The minimum absolute atomic E-state index is 0.340. The first-order valence-corrected chi connectivity index (χ1v) is 10.1. The van der Waals surface area contributed by atoms with Gasteiger partial charge in [-0.25, -0.2) is 4.79 Å². The van der Waals surface area contributed by atoms with Crippen molar-refractivity contribution < 1.29 is 9.90 Å². The number of hydrogen-bond donors (Lipinski definition) is 1. The molecular formula is C26H30O2. The molecule has 0 amide bonds. The van der Waals surface area contributed by atoms with Crippen LogP contribution in [0.1, 0.15) is 52.0 Å². The summed E-state index contributed by atoms with van der Waals surface area (Å²) in [7, 11) is 0. The Labute approximate surface area is 168 Å². The van der Waals surface area contributed by atoms with Crippen molar-refractivity contribution in [3.8, 4) is 0 Å². The summed E-state index contributed by atoms with van der Waals surface area (Å²) in [4.78, 5) is 10.9. The molecule has 3 aromatic carbocycles. The first-order valence-electron chi connectivity index (χ1n) is 10.1. The standard InChI is InChI=1S/C24H24O2.C2H6/c1-18-2-4-19(5-3-18)6-7-20-8-10-21(11-9-20)12-13-22-14-16-23(17-15-22)24(25)26;1-2/h2-5,8-11,14-17H,6-7,12-13H2,1H3,(H,25,26);1-2H3. The zero-order valence-electron chi connectivity index (χ0n) is 17.1. The molecule has 146 valence electrons. The number of carbonyl (C=O) groups is 1. The second kappa shape index (κ2) is 11.1. The van der Waals surface area contributed by atoms with Crippen LogP contribution >= 0.6 is 0 Å². The summed E-state index contributed by atoms with van der Waals surface area (Å²) in [5.41, 5.74) is 6.86. The van der Waals surface area contributed by atoms with E-state index in [0.29, 0.717) is 5.56 Å². The summed E-state index contributed by atoms with van der Waals surface area (Å²) in [5, 5.41) is 8.94. The largest absolute Gasteiger partial charge is 0.478 e. The molecule has 0 aliphatic heterocycles. The van der Waals surface area contributed by atoms with Crippen LogP contribution in [0.15, 0.2) is 72.8 Å². The van der Waals surface area contributed by atoms with Crippen molar-refractivity contribution in [1.82, 2.24) is 0 Å². The van der Waals surface area contributed by atoms with Crippen molar-refractivity contribution in [2.45, 2.75) is 46.5 Å². The van der Waals surface area contributed by atoms with Crippen LogP contribution < -0.4 is 0 Å². The van der Waals surface area contributed by atoms with Gasteiger partial charge in [-0.15, -0.1) is 0 Å². The van der Waals surface area contributed by atoms with Crippen LogP contribution in [-0.4, -0.2) is 11.1 Å². The number of aromatic carboxylic acids is 1. The lowest BCUT2D eigenvalue weighted by molar-refractivity contribution is 0.0697. The number of carboxylic acid groups (broad SMARTS) is 1. The van der Waals surface area contributed by atoms with Gasteiger partial charge in [0.25, 0.3) is 0 Å². The Morgan fingerprint density at radius 2 is 0.893 bits per heavy atom. The second-order valence-electron chi connectivity index (χ2n) is 6.80. The third kappa shape index (κ3) is 6.70. The van der Waals surface area contributed by atoms with Crippen LogP contribution in [0.5, 0.6) is 0 Å². The highest BCUT2D eigenvalue weighted by Crippen LogP contribution is 2.13. The second-order valence-corrected chi connectivity index (χ2v) is 6.80. The maximum atomic E-state index is 10.9. The lowest BCUT2D eigenvalue weighted by Gasteiger charge is -2.06. The molecule has 0 fully saturated rings. The SMILES string of the molecule is CC.Cc1ccc(CCc2ccc(CCc3ccc(C(=O)O)cc3)cc2)cc1. The number of aryl methyl sites for hydroxylation is 5. The smallest absolute Gasteiger partial charge is 0.335 e. The number of rotatable bonds is 7. The monoisotopic (exact) mass is 374 g/mol. The summed E-state index contributed by atoms with van der Waals surface area (Å²) in [6.07, 6.45) is 4.00. The molecule has 28 heavy (non-hydrogen) atoms. The van der Waals surface area contributed by atoms with E-state index in [2.05, 4.69) is 55.5 Å². The number of benzene rings is 3. The minimum Gasteiger partial charge on any atom is -0.478 e. The molecule has 3 rings (SSSR count). The molecule has 3 aromatic rings. The summed E-state index contributed by atoms with van der Waals surface area (Å²) >= 11 is 0. The molecule has 0 spiro atoms. The van der Waals surface area contributed by atoms with Crippen LogP contribution in [0.2, 0.25) is 0 Å². The Morgan fingerprint density at radius 3 is 1.21 bits per heavy atom. The Bertz CT molecular complexity index is 844. The first-order chi connectivity index (χ1) is 13.6. The van der Waals surface area contributed by atoms with Crippen molar-refractivity contribution in [2.75, 3.05) is 0 Å². The highest BCUT2D eigenvalue weighted by Gasteiger charge is 2.02. The van der Waals surface area contributed by atoms with Gasteiger partial charge in [-0.05, 0) is 67.0 Å². The third-order valence-electron chi connectivity index (χ3n) is 4.75. The van der Waals surface area contributed by atoms with E-state index >= 15 is 0 Å². The molecule has 1 N–H and O–H groups in total. The lowest BCUT2D eigenvalue weighted by atomic mass is 9.99. The molecule has 0 saturated carbocycles. The molecule has 2 heteroatoms. The molecule has 0 radical (unpaired) electrons. The minimum atomic E-state index is -0.877. The molecule has 0 saturated heterocycles. The van der Waals surface area contributed by atoms with E-state index in [1.165, 1.54) is 27.8 Å². The van der Waals surface area contributed by atoms with Gasteiger partial charge in [0.05, 0.1) is 5.56 Å². The van der Waals surface area contributed by atoms with Gasteiger partial charge < -0.3 is 5.11 Å². The summed E-state index contributed by atoms with van der Waals surface area (Å²) < 4.78 is 0. The quantitative estimate of drug-likeness (QED) is 0.528. The van der Waals surface area contributed by atoms with Crippen LogP contribution in [0, 0.1) is 6.92 Å². The van der Waals surface area contributed by atoms with Gasteiger partial charge in [-0.3, -0.25) is 0 Å². The number of carboxylic acids is 1. The molecule has 0 bridgehead atoms. The molecular weight excluding hydrogens is 344 g/mol. The van der Waals surface area contributed by atoms with Gasteiger partial charge in [0.15, 0.2) is 0 Å². The third-order valence-corrected chi connectivity index (χ3v) is 4.75. The Morgan fingerprint density at radius 1 is 0.607 bits per heavy atom. The van der Waals surface area contributed by atoms with Gasteiger partial charge in [-0.2, -0.15) is 0 Å². The molecule has 2 nitrogen and oxygen atoms in total. The Kier molecular flexibility index (Phi) is 8.48. The fraction of sp³-hybridized carbons (Fsp3) is 0.269. The Balaban J connectivity index is 0.00000136. The highest BCUT2D eigenvalue weighted by molar-refractivity contribution is 5.87. The van der Waals surface area contributed by atoms with E-state index < -0.39 is 5.97 Å². The molecule has 0 heterocycles. The van der Waals surface area contributed by atoms with Gasteiger partial charge in [0.2, 0.25) is 0 Å². The maximum absolute atomic E-state index is 10.9. The predicted octanol–water partition coefficient (Wildman–Crippen LogP) is 6.29. The summed E-state index contributed by atoms with van der Waals surface area (Å²) in [5.74, 6) is -0.877. The zero-order chi connectivity index (χ0) is 20.4. The lowest BCUT2D eigenvalue weighted by Crippen LogP contribution is -1.97. The average molecular weight is 375 g/mol.